The molecule has 0 heteroatoms. The van der Waals surface area contributed by atoms with Crippen molar-refractivity contribution < 1.29 is 0 Å². The van der Waals surface area contributed by atoms with E-state index in [-0.39, 0.29) is 0 Å². The standard InChI is InChI=1S/C20H30/c1-15(17-9-3-4-10-17)20(19-13-7-8-14-19)16(2)18-11-5-6-12-18/h7-8,13-18H,3-6,9-12H2,1-2H3. The second kappa shape index (κ2) is 6.33. The van der Waals surface area contributed by atoms with Gasteiger partial charge in [-0.2, -0.15) is 0 Å². The Kier molecular flexibility index (Phi) is 4.48. The third kappa shape index (κ3) is 2.80. The molecule has 0 aromatic carbocycles. The van der Waals surface area contributed by atoms with E-state index in [1.165, 1.54) is 51.4 Å². The third-order valence-corrected chi connectivity index (χ3v) is 6.19. The minimum Gasteiger partial charge on any atom is -0.0617 e. The zero-order valence-electron chi connectivity index (χ0n) is 13.3. The van der Waals surface area contributed by atoms with Crippen LogP contribution in [0.5, 0.6) is 0 Å². The fraction of sp³-hybridized carbons (Fsp3) is 0.700. The Hall–Kier alpha value is -0.780. The average molecular weight is 270 g/mol. The average Bonchev–Trinajstić information content (AvgIpc) is 3.20. The summed E-state index contributed by atoms with van der Waals surface area (Å²) in [5.41, 5.74) is 3.33. The van der Waals surface area contributed by atoms with Crippen LogP contribution in [0.3, 0.4) is 0 Å². The lowest BCUT2D eigenvalue weighted by Crippen LogP contribution is -2.21. The molecule has 0 spiro atoms. The predicted molar refractivity (Wildman–Crippen MR) is 87.6 cm³/mol. The largest absolute Gasteiger partial charge is 0.0617 e. The molecule has 20 heavy (non-hydrogen) atoms. The van der Waals surface area contributed by atoms with Crippen molar-refractivity contribution in [1.82, 2.24) is 0 Å². The summed E-state index contributed by atoms with van der Waals surface area (Å²) in [6, 6.07) is 0. The number of allylic oxidation sites excluding steroid dienone is 6. The van der Waals surface area contributed by atoms with Gasteiger partial charge in [0.15, 0.2) is 0 Å². The molecule has 0 nitrogen and oxygen atoms in total. The highest BCUT2D eigenvalue weighted by Crippen LogP contribution is 2.44. The molecule has 0 N–H and O–H groups in total. The van der Waals surface area contributed by atoms with Crippen LogP contribution in [0.15, 0.2) is 35.5 Å². The number of hydrogen-bond donors (Lipinski definition) is 0. The molecular formula is C20H30. The molecule has 3 aliphatic carbocycles. The molecule has 2 atom stereocenters. The molecule has 110 valence electrons. The maximum Gasteiger partial charge on any atom is -0.0192 e. The summed E-state index contributed by atoms with van der Waals surface area (Å²) in [7, 11) is 0. The van der Waals surface area contributed by atoms with E-state index in [1.807, 2.05) is 0 Å². The van der Waals surface area contributed by atoms with Gasteiger partial charge in [0.05, 0.1) is 0 Å². The van der Waals surface area contributed by atoms with E-state index < -0.39 is 0 Å². The van der Waals surface area contributed by atoms with E-state index in [1.54, 1.807) is 11.1 Å². The van der Waals surface area contributed by atoms with Crippen LogP contribution in [-0.4, -0.2) is 0 Å². The van der Waals surface area contributed by atoms with Crippen LogP contribution in [-0.2, 0) is 0 Å². The molecule has 0 aromatic heterocycles. The van der Waals surface area contributed by atoms with Gasteiger partial charge < -0.3 is 0 Å². The summed E-state index contributed by atoms with van der Waals surface area (Å²) in [4.78, 5) is 0. The second-order valence-electron chi connectivity index (χ2n) is 7.30. The Morgan fingerprint density at radius 2 is 1.20 bits per heavy atom. The summed E-state index contributed by atoms with van der Waals surface area (Å²) in [6.07, 6.45) is 20.8. The Morgan fingerprint density at radius 3 is 1.60 bits per heavy atom. The van der Waals surface area contributed by atoms with E-state index in [4.69, 9.17) is 0 Å². The van der Waals surface area contributed by atoms with E-state index >= 15 is 0 Å². The van der Waals surface area contributed by atoms with Crippen LogP contribution in [0.1, 0.15) is 65.2 Å². The molecule has 0 aliphatic heterocycles. The molecule has 3 aliphatic rings. The summed E-state index contributed by atoms with van der Waals surface area (Å²) in [5.74, 6) is 3.47. The SMILES string of the molecule is CC(C(=C1C=CC=C1)C(C)C1CCCC1)C1CCCC1. The van der Waals surface area contributed by atoms with E-state index in [0.717, 1.165) is 23.7 Å². The van der Waals surface area contributed by atoms with Gasteiger partial charge in [0.1, 0.15) is 0 Å². The van der Waals surface area contributed by atoms with E-state index in [2.05, 4.69) is 38.2 Å². The highest BCUT2D eigenvalue weighted by molar-refractivity contribution is 5.45. The molecule has 0 amide bonds. The Bertz CT molecular complexity index is 373. The van der Waals surface area contributed by atoms with Gasteiger partial charge in [-0.3, -0.25) is 0 Å². The summed E-state index contributed by atoms with van der Waals surface area (Å²) in [6.45, 7) is 5.04. The smallest absolute Gasteiger partial charge is 0.0192 e. The van der Waals surface area contributed by atoms with Gasteiger partial charge in [-0.15, -0.1) is 0 Å². The summed E-state index contributed by atoms with van der Waals surface area (Å²) < 4.78 is 0. The molecule has 3 rings (SSSR count). The normalized spacial score (nSPS) is 26.6. The van der Waals surface area contributed by atoms with Crippen LogP contribution < -0.4 is 0 Å². The van der Waals surface area contributed by atoms with Crippen molar-refractivity contribution >= 4 is 0 Å². The molecule has 0 aromatic rings. The molecular weight excluding hydrogens is 240 g/mol. The van der Waals surface area contributed by atoms with Crippen LogP contribution in [0.4, 0.5) is 0 Å². The third-order valence-electron chi connectivity index (χ3n) is 6.19. The molecule has 0 saturated heterocycles. The Morgan fingerprint density at radius 1 is 0.800 bits per heavy atom. The first-order chi connectivity index (χ1) is 9.77. The van der Waals surface area contributed by atoms with Crippen LogP contribution >= 0.6 is 0 Å². The lowest BCUT2D eigenvalue weighted by molar-refractivity contribution is 0.331. The van der Waals surface area contributed by atoms with Gasteiger partial charge in [0.2, 0.25) is 0 Å². The summed E-state index contributed by atoms with van der Waals surface area (Å²) >= 11 is 0. The fourth-order valence-corrected chi connectivity index (χ4v) is 4.93. The van der Waals surface area contributed by atoms with Crippen molar-refractivity contribution in [3.63, 3.8) is 0 Å². The van der Waals surface area contributed by atoms with Crippen LogP contribution in [0.2, 0.25) is 0 Å². The number of hydrogen-bond acceptors (Lipinski definition) is 0. The molecule has 0 heterocycles. The van der Waals surface area contributed by atoms with Crippen LogP contribution in [0.25, 0.3) is 0 Å². The van der Waals surface area contributed by atoms with Gasteiger partial charge in [-0.25, -0.2) is 0 Å². The molecule has 0 bridgehead atoms. The minimum absolute atomic E-state index is 0.787. The first-order valence-electron chi connectivity index (χ1n) is 8.86. The van der Waals surface area contributed by atoms with Crippen LogP contribution in [0, 0.1) is 23.7 Å². The summed E-state index contributed by atoms with van der Waals surface area (Å²) in [5, 5.41) is 0. The Labute approximate surface area is 125 Å². The molecule has 2 unspecified atom stereocenters. The van der Waals surface area contributed by atoms with Crippen molar-refractivity contribution in [2.75, 3.05) is 0 Å². The van der Waals surface area contributed by atoms with Crippen molar-refractivity contribution in [3.05, 3.63) is 35.5 Å². The van der Waals surface area contributed by atoms with Crippen molar-refractivity contribution in [2.45, 2.75) is 65.2 Å². The van der Waals surface area contributed by atoms with Crippen molar-refractivity contribution in [1.29, 1.82) is 0 Å². The molecule has 2 saturated carbocycles. The molecule has 0 radical (unpaired) electrons. The fourth-order valence-electron chi connectivity index (χ4n) is 4.93. The monoisotopic (exact) mass is 270 g/mol. The van der Waals surface area contributed by atoms with E-state index in [0.29, 0.717) is 0 Å². The topological polar surface area (TPSA) is 0 Å². The lowest BCUT2D eigenvalue weighted by atomic mass is 9.73. The van der Waals surface area contributed by atoms with Gasteiger partial charge in [-0.05, 0) is 54.9 Å². The van der Waals surface area contributed by atoms with Crippen molar-refractivity contribution in [3.8, 4) is 0 Å². The van der Waals surface area contributed by atoms with E-state index in [9.17, 15) is 0 Å². The zero-order valence-corrected chi connectivity index (χ0v) is 13.3. The predicted octanol–water partition coefficient (Wildman–Crippen LogP) is 6.06. The minimum atomic E-state index is 0.787. The van der Waals surface area contributed by atoms with Gasteiger partial charge in [0.25, 0.3) is 0 Å². The van der Waals surface area contributed by atoms with Crippen molar-refractivity contribution in [2.24, 2.45) is 23.7 Å². The van der Waals surface area contributed by atoms with Gasteiger partial charge in [-0.1, -0.05) is 69.4 Å². The zero-order chi connectivity index (χ0) is 13.9. The maximum absolute atomic E-state index is 2.52. The molecule has 2 fully saturated rings. The quantitative estimate of drug-likeness (QED) is 0.582. The highest BCUT2D eigenvalue weighted by Gasteiger charge is 2.32. The first-order valence-corrected chi connectivity index (χ1v) is 8.86. The van der Waals surface area contributed by atoms with Gasteiger partial charge in [0, 0.05) is 0 Å². The second-order valence-corrected chi connectivity index (χ2v) is 7.30. The first kappa shape index (κ1) is 14.2. The highest BCUT2D eigenvalue weighted by atomic mass is 14.4. The van der Waals surface area contributed by atoms with Gasteiger partial charge >= 0.3 is 0 Å². The maximum atomic E-state index is 2.52. The Balaban J connectivity index is 1.85. The lowest BCUT2D eigenvalue weighted by Gasteiger charge is -2.31. The number of rotatable bonds is 4.